The number of carbonyl (C=O) groups excluding carboxylic acids is 1. The largest absolute Gasteiger partial charge is 0.354 e. The summed E-state index contributed by atoms with van der Waals surface area (Å²) >= 11 is 0. The van der Waals surface area contributed by atoms with Gasteiger partial charge in [-0.15, -0.1) is 0 Å². The van der Waals surface area contributed by atoms with E-state index in [1.165, 1.54) is 18.2 Å². The van der Waals surface area contributed by atoms with Crippen LogP contribution in [0.25, 0.3) is 11.0 Å². The number of hydrogen-bond acceptors (Lipinski definition) is 3. The van der Waals surface area contributed by atoms with Gasteiger partial charge in [-0.05, 0) is 31.2 Å². The number of fused-ring (bicyclic) bond motifs is 1. The number of amides is 1. The van der Waals surface area contributed by atoms with Crippen molar-refractivity contribution in [1.82, 2.24) is 5.16 Å². The van der Waals surface area contributed by atoms with Gasteiger partial charge in [0.15, 0.2) is 11.4 Å². The summed E-state index contributed by atoms with van der Waals surface area (Å²) in [5.41, 5.74) is 1.55. The maximum atomic E-state index is 13.5. The number of carbonyl (C=O) groups is 1. The van der Waals surface area contributed by atoms with E-state index in [0.29, 0.717) is 11.0 Å². The maximum Gasteiger partial charge on any atom is 0.259 e. The normalized spacial score (nSPS) is 10.7. The molecule has 2 aromatic carbocycles. The minimum absolute atomic E-state index is 0.0312. The van der Waals surface area contributed by atoms with Gasteiger partial charge in [0, 0.05) is 0 Å². The van der Waals surface area contributed by atoms with Gasteiger partial charge in [0.2, 0.25) is 0 Å². The first-order valence-electron chi connectivity index (χ1n) is 6.07. The van der Waals surface area contributed by atoms with Crippen molar-refractivity contribution in [2.45, 2.75) is 6.92 Å². The molecular formula is C15H11FN2O2. The number of nitrogens with zero attached hydrogens (tertiary/aromatic N) is 1. The molecule has 20 heavy (non-hydrogen) atoms. The molecule has 1 amide bonds. The van der Waals surface area contributed by atoms with Crippen LogP contribution in [0.1, 0.15) is 15.9 Å². The number of nitrogens with one attached hydrogen (secondary N) is 1. The molecule has 4 nitrogen and oxygen atoms in total. The molecule has 0 aliphatic rings. The van der Waals surface area contributed by atoms with Crippen molar-refractivity contribution in [1.29, 1.82) is 0 Å². The Labute approximate surface area is 114 Å². The molecular weight excluding hydrogens is 259 g/mol. The van der Waals surface area contributed by atoms with E-state index in [1.54, 1.807) is 12.1 Å². The Hall–Kier alpha value is -2.69. The van der Waals surface area contributed by atoms with Gasteiger partial charge < -0.3 is 9.84 Å². The fourth-order valence-electron chi connectivity index (χ4n) is 1.96. The summed E-state index contributed by atoms with van der Waals surface area (Å²) in [4.78, 5) is 12.0. The van der Waals surface area contributed by atoms with Gasteiger partial charge in [-0.25, -0.2) is 4.39 Å². The summed E-state index contributed by atoms with van der Waals surface area (Å²) in [6.45, 7) is 1.93. The van der Waals surface area contributed by atoms with Gasteiger partial charge in [-0.3, -0.25) is 4.79 Å². The van der Waals surface area contributed by atoms with E-state index in [0.717, 1.165) is 5.56 Å². The summed E-state index contributed by atoms with van der Waals surface area (Å²) in [6, 6.07) is 11.3. The van der Waals surface area contributed by atoms with Crippen LogP contribution in [0, 0.1) is 12.7 Å². The van der Waals surface area contributed by atoms with Crippen LogP contribution < -0.4 is 5.32 Å². The molecule has 100 valence electrons. The van der Waals surface area contributed by atoms with Crippen molar-refractivity contribution < 1.29 is 13.7 Å². The maximum absolute atomic E-state index is 13.5. The monoisotopic (exact) mass is 270 g/mol. The Morgan fingerprint density at radius 3 is 2.85 bits per heavy atom. The van der Waals surface area contributed by atoms with Crippen LogP contribution in [0.4, 0.5) is 10.2 Å². The Bertz CT molecular complexity index is 795. The lowest BCUT2D eigenvalue weighted by molar-refractivity contribution is 0.102. The third kappa shape index (κ3) is 2.14. The highest BCUT2D eigenvalue weighted by atomic mass is 19.1. The number of halogens is 1. The van der Waals surface area contributed by atoms with Crippen molar-refractivity contribution in [2.24, 2.45) is 0 Å². The first kappa shape index (κ1) is 12.3. The Morgan fingerprint density at radius 1 is 1.25 bits per heavy atom. The summed E-state index contributed by atoms with van der Waals surface area (Å²) in [7, 11) is 0. The van der Waals surface area contributed by atoms with Crippen molar-refractivity contribution >= 4 is 22.7 Å². The second-order valence-electron chi connectivity index (χ2n) is 4.46. The Kier molecular flexibility index (Phi) is 2.95. The Morgan fingerprint density at radius 2 is 2.05 bits per heavy atom. The van der Waals surface area contributed by atoms with E-state index in [9.17, 15) is 9.18 Å². The van der Waals surface area contributed by atoms with E-state index in [2.05, 4.69) is 10.5 Å². The van der Waals surface area contributed by atoms with E-state index < -0.39 is 11.7 Å². The molecule has 0 unspecified atom stereocenters. The fraction of sp³-hybridized carbons (Fsp3) is 0.0667. The summed E-state index contributed by atoms with van der Waals surface area (Å²) in [5.74, 6) is -0.842. The smallest absolute Gasteiger partial charge is 0.259 e. The summed E-state index contributed by atoms with van der Waals surface area (Å²) < 4.78 is 18.7. The van der Waals surface area contributed by atoms with E-state index >= 15 is 0 Å². The lowest BCUT2D eigenvalue weighted by Gasteiger charge is -2.03. The highest BCUT2D eigenvalue weighted by Gasteiger charge is 2.15. The number of aromatic nitrogens is 1. The minimum Gasteiger partial charge on any atom is -0.354 e. The zero-order valence-corrected chi connectivity index (χ0v) is 10.7. The zero-order chi connectivity index (χ0) is 14.1. The second-order valence-corrected chi connectivity index (χ2v) is 4.46. The minimum atomic E-state index is -0.575. The lowest BCUT2D eigenvalue weighted by Crippen LogP contribution is -2.14. The number of anilines is 1. The van der Waals surface area contributed by atoms with E-state index in [4.69, 9.17) is 4.52 Å². The fourth-order valence-corrected chi connectivity index (χ4v) is 1.96. The highest BCUT2D eigenvalue weighted by molar-refractivity contribution is 6.07. The molecule has 0 aliphatic carbocycles. The molecule has 5 heteroatoms. The molecule has 0 fully saturated rings. The van der Waals surface area contributed by atoms with Gasteiger partial charge in [0.1, 0.15) is 5.82 Å². The average molecular weight is 270 g/mol. The third-order valence-electron chi connectivity index (χ3n) is 2.98. The third-order valence-corrected chi connectivity index (χ3v) is 2.98. The number of hydrogen-bond donors (Lipinski definition) is 1. The SMILES string of the molecule is Cc1ccc2onc(NC(=O)c3ccccc3F)c2c1. The van der Waals surface area contributed by atoms with E-state index in [1.807, 2.05) is 19.1 Å². The number of benzene rings is 2. The molecule has 0 saturated carbocycles. The average Bonchev–Trinajstić information content (AvgIpc) is 2.82. The molecule has 3 aromatic rings. The van der Waals surface area contributed by atoms with Crippen LogP contribution in [0.15, 0.2) is 47.0 Å². The zero-order valence-electron chi connectivity index (χ0n) is 10.7. The molecule has 0 aliphatic heterocycles. The predicted molar refractivity (Wildman–Crippen MR) is 73.1 cm³/mol. The molecule has 0 radical (unpaired) electrons. The van der Waals surface area contributed by atoms with Gasteiger partial charge in [0.25, 0.3) is 5.91 Å². The molecule has 0 saturated heterocycles. The van der Waals surface area contributed by atoms with Crippen molar-refractivity contribution in [3.05, 3.63) is 59.4 Å². The molecule has 1 heterocycles. The summed E-state index contributed by atoms with van der Waals surface area (Å²) in [6.07, 6.45) is 0. The Balaban J connectivity index is 1.96. The van der Waals surface area contributed by atoms with Gasteiger partial charge >= 0.3 is 0 Å². The van der Waals surface area contributed by atoms with Crippen LogP contribution in [0.2, 0.25) is 0 Å². The quantitative estimate of drug-likeness (QED) is 0.775. The van der Waals surface area contributed by atoms with Crippen molar-refractivity contribution in [2.75, 3.05) is 5.32 Å². The number of rotatable bonds is 2. The first-order chi connectivity index (χ1) is 9.65. The first-order valence-corrected chi connectivity index (χ1v) is 6.07. The van der Waals surface area contributed by atoms with Gasteiger partial charge in [-0.2, -0.15) is 0 Å². The number of aryl methyl sites for hydroxylation is 1. The second kappa shape index (κ2) is 4.77. The van der Waals surface area contributed by atoms with Crippen molar-refractivity contribution in [3.8, 4) is 0 Å². The van der Waals surface area contributed by atoms with Crippen molar-refractivity contribution in [3.63, 3.8) is 0 Å². The van der Waals surface area contributed by atoms with Crippen LogP contribution in [-0.2, 0) is 0 Å². The van der Waals surface area contributed by atoms with E-state index in [-0.39, 0.29) is 11.4 Å². The van der Waals surface area contributed by atoms with Gasteiger partial charge in [0.05, 0.1) is 10.9 Å². The molecule has 0 spiro atoms. The molecule has 1 aromatic heterocycles. The van der Waals surface area contributed by atoms with Gasteiger partial charge in [-0.1, -0.05) is 28.9 Å². The lowest BCUT2D eigenvalue weighted by atomic mass is 10.1. The van der Waals surface area contributed by atoms with Crippen LogP contribution in [-0.4, -0.2) is 11.1 Å². The van der Waals surface area contributed by atoms with Crippen LogP contribution in [0.3, 0.4) is 0 Å². The standard InChI is InChI=1S/C15H11FN2O2/c1-9-6-7-13-11(8-9)14(18-20-13)17-15(19)10-4-2-3-5-12(10)16/h2-8H,1H3,(H,17,18,19). The molecule has 3 rings (SSSR count). The van der Waals surface area contributed by atoms with Crippen LogP contribution >= 0.6 is 0 Å². The summed E-state index contributed by atoms with van der Waals surface area (Å²) in [5, 5.41) is 7.06. The predicted octanol–water partition coefficient (Wildman–Crippen LogP) is 3.53. The topological polar surface area (TPSA) is 55.1 Å². The van der Waals surface area contributed by atoms with Crippen LogP contribution in [0.5, 0.6) is 0 Å². The molecule has 1 N–H and O–H groups in total. The highest BCUT2D eigenvalue weighted by Crippen LogP contribution is 2.24. The molecule has 0 bridgehead atoms. The molecule has 0 atom stereocenters.